The van der Waals surface area contributed by atoms with Gasteiger partial charge in [-0.05, 0) is 19.8 Å². The second-order valence-corrected chi connectivity index (χ2v) is 4.04. The summed E-state index contributed by atoms with van der Waals surface area (Å²) in [6.45, 7) is 8.97. The predicted molar refractivity (Wildman–Crippen MR) is 65.1 cm³/mol. The van der Waals surface area contributed by atoms with Crippen LogP contribution in [-0.4, -0.2) is 29.2 Å². The van der Waals surface area contributed by atoms with Crippen molar-refractivity contribution in [1.29, 1.82) is 0 Å². The average molecular weight is 225 g/mol. The summed E-state index contributed by atoms with van der Waals surface area (Å²) in [6, 6.07) is 2.39. The molecule has 1 aromatic heterocycles. The van der Waals surface area contributed by atoms with Gasteiger partial charge >= 0.3 is 0 Å². The largest absolute Gasteiger partial charge is 0.361 e. The predicted octanol–water partition coefficient (Wildman–Crippen LogP) is 1.93. The number of hydrogen-bond donors (Lipinski definition) is 1. The molecule has 92 valence electrons. The van der Waals surface area contributed by atoms with Crippen LogP contribution in [0.1, 0.15) is 38.1 Å². The zero-order valence-corrected chi connectivity index (χ0v) is 10.6. The number of nitrogens with zero attached hydrogens (tertiary/aromatic N) is 2. The number of aromatic nitrogens is 1. The minimum Gasteiger partial charge on any atom is -0.361 e. The van der Waals surface area contributed by atoms with Crippen LogP contribution in [0.15, 0.2) is 10.6 Å². The highest BCUT2D eigenvalue weighted by atomic mass is 16.5. The lowest BCUT2D eigenvalue weighted by molar-refractivity contribution is 0.200. The molecule has 1 aromatic rings. The van der Waals surface area contributed by atoms with E-state index < -0.39 is 0 Å². The Labute approximate surface area is 97.8 Å². The number of aryl methyl sites for hydroxylation is 1. The van der Waals surface area contributed by atoms with Gasteiger partial charge in [0.2, 0.25) is 0 Å². The van der Waals surface area contributed by atoms with Crippen molar-refractivity contribution in [2.24, 2.45) is 5.73 Å². The second kappa shape index (κ2) is 6.66. The van der Waals surface area contributed by atoms with Gasteiger partial charge in [-0.3, -0.25) is 4.90 Å². The van der Waals surface area contributed by atoms with Crippen LogP contribution < -0.4 is 5.73 Å². The van der Waals surface area contributed by atoms with Gasteiger partial charge in [0.05, 0.1) is 5.69 Å². The van der Waals surface area contributed by atoms with Gasteiger partial charge in [-0.2, -0.15) is 0 Å². The maximum atomic E-state index is 5.83. The summed E-state index contributed by atoms with van der Waals surface area (Å²) < 4.78 is 5.03. The third-order valence-electron chi connectivity index (χ3n) is 2.69. The molecule has 1 saturated heterocycles. The summed E-state index contributed by atoms with van der Waals surface area (Å²) in [5.74, 6) is 0.883. The SMILES string of the molecule is CC.Cc1cc(CN2CCC(N)CC2)no1. The molecule has 4 heteroatoms. The molecule has 0 saturated carbocycles. The molecular formula is C12H23N3O. The number of likely N-dealkylation sites (tertiary alicyclic amines) is 1. The second-order valence-electron chi connectivity index (χ2n) is 4.04. The molecule has 1 aliphatic heterocycles. The van der Waals surface area contributed by atoms with Crippen molar-refractivity contribution in [2.45, 2.75) is 46.2 Å². The molecule has 4 nitrogen and oxygen atoms in total. The van der Waals surface area contributed by atoms with E-state index in [1.807, 2.05) is 26.8 Å². The van der Waals surface area contributed by atoms with Crippen molar-refractivity contribution in [3.05, 3.63) is 17.5 Å². The fourth-order valence-electron chi connectivity index (χ4n) is 1.83. The molecule has 0 spiro atoms. The van der Waals surface area contributed by atoms with Crippen molar-refractivity contribution >= 4 is 0 Å². The first-order chi connectivity index (χ1) is 7.74. The highest BCUT2D eigenvalue weighted by molar-refractivity contribution is 5.03. The first-order valence-electron chi connectivity index (χ1n) is 6.14. The van der Waals surface area contributed by atoms with Crippen LogP contribution in [-0.2, 0) is 6.54 Å². The maximum Gasteiger partial charge on any atom is 0.133 e. The molecule has 0 amide bonds. The summed E-state index contributed by atoms with van der Waals surface area (Å²) in [7, 11) is 0. The van der Waals surface area contributed by atoms with Crippen molar-refractivity contribution in [2.75, 3.05) is 13.1 Å². The monoisotopic (exact) mass is 225 g/mol. The van der Waals surface area contributed by atoms with E-state index in [0.717, 1.165) is 43.9 Å². The van der Waals surface area contributed by atoms with E-state index in [0.29, 0.717) is 6.04 Å². The quantitative estimate of drug-likeness (QED) is 0.835. The third-order valence-corrected chi connectivity index (χ3v) is 2.69. The zero-order chi connectivity index (χ0) is 12.0. The van der Waals surface area contributed by atoms with Gasteiger partial charge in [-0.15, -0.1) is 0 Å². The lowest BCUT2D eigenvalue weighted by Gasteiger charge is -2.29. The van der Waals surface area contributed by atoms with Crippen molar-refractivity contribution in [3.63, 3.8) is 0 Å². The normalized spacial score (nSPS) is 18.0. The molecule has 0 radical (unpaired) electrons. The lowest BCUT2D eigenvalue weighted by Crippen LogP contribution is -2.39. The minimum atomic E-state index is 0.394. The Kier molecular flexibility index (Phi) is 5.49. The number of piperidine rings is 1. The Morgan fingerprint density at radius 2 is 2.06 bits per heavy atom. The zero-order valence-electron chi connectivity index (χ0n) is 10.6. The van der Waals surface area contributed by atoms with Crippen LogP contribution in [0.25, 0.3) is 0 Å². The third kappa shape index (κ3) is 3.94. The van der Waals surface area contributed by atoms with Crippen LogP contribution >= 0.6 is 0 Å². The molecule has 0 aromatic carbocycles. The van der Waals surface area contributed by atoms with Gasteiger partial charge in [0.25, 0.3) is 0 Å². The number of nitrogens with two attached hydrogens (primary N) is 1. The molecule has 0 atom stereocenters. The first kappa shape index (κ1) is 13.2. The van der Waals surface area contributed by atoms with Crippen LogP contribution in [0.2, 0.25) is 0 Å². The van der Waals surface area contributed by atoms with Crippen molar-refractivity contribution < 1.29 is 4.52 Å². The Morgan fingerprint density at radius 3 is 2.56 bits per heavy atom. The van der Waals surface area contributed by atoms with Crippen LogP contribution in [0, 0.1) is 6.92 Å². The van der Waals surface area contributed by atoms with E-state index in [1.165, 1.54) is 0 Å². The van der Waals surface area contributed by atoms with E-state index in [9.17, 15) is 0 Å². The van der Waals surface area contributed by atoms with E-state index in [-0.39, 0.29) is 0 Å². The fraction of sp³-hybridized carbons (Fsp3) is 0.750. The summed E-state index contributed by atoms with van der Waals surface area (Å²) in [5.41, 5.74) is 6.86. The average Bonchev–Trinajstić information content (AvgIpc) is 2.70. The van der Waals surface area contributed by atoms with Crippen LogP contribution in [0.3, 0.4) is 0 Å². The Hall–Kier alpha value is -0.870. The van der Waals surface area contributed by atoms with Crippen LogP contribution in [0.4, 0.5) is 0 Å². The minimum absolute atomic E-state index is 0.394. The maximum absolute atomic E-state index is 5.83. The van der Waals surface area contributed by atoms with Crippen LogP contribution in [0.5, 0.6) is 0 Å². The first-order valence-corrected chi connectivity index (χ1v) is 6.14. The highest BCUT2D eigenvalue weighted by Gasteiger charge is 2.16. The molecule has 2 N–H and O–H groups in total. The molecule has 0 unspecified atom stereocenters. The molecule has 0 bridgehead atoms. The van der Waals surface area contributed by atoms with Gasteiger partial charge in [-0.25, -0.2) is 0 Å². The van der Waals surface area contributed by atoms with E-state index in [1.54, 1.807) is 0 Å². The summed E-state index contributed by atoms with van der Waals surface area (Å²) in [6.07, 6.45) is 2.19. The number of rotatable bonds is 2. The number of hydrogen-bond acceptors (Lipinski definition) is 4. The van der Waals surface area contributed by atoms with E-state index >= 15 is 0 Å². The molecule has 1 fully saturated rings. The van der Waals surface area contributed by atoms with Gasteiger partial charge in [0.1, 0.15) is 5.76 Å². The molecule has 1 aliphatic rings. The molecule has 0 aliphatic carbocycles. The topological polar surface area (TPSA) is 55.3 Å². The highest BCUT2D eigenvalue weighted by Crippen LogP contribution is 2.12. The smallest absolute Gasteiger partial charge is 0.133 e. The van der Waals surface area contributed by atoms with E-state index in [4.69, 9.17) is 10.3 Å². The van der Waals surface area contributed by atoms with Crippen molar-refractivity contribution in [1.82, 2.24) is 10.1 Å². The van der Waals surface area contributed by atoms with Gasteiger partial charge in [0, 0.05) is 31.7 Å². The van der Waals surface area contributed by atoms with Crippen molar-refractivity contribution in [3.8, 4) is 0 Å². The lowest BCUT2D eigenvalue weighted by atomic mass is 10.1. The fourth-order valence-corrected chi connectivity index (χ4v) is 1.83. The molecule has 16 heavy (non-hydrogen) atoms. The van der Waals surface area contributed by atoms with Gasteiger partial charge in [-0.1, -0.05) is 19.0 Å². The summed E-state index contributed by atoms with van der Waals surface area (Å²) in [5, 5.41) is 3.98. The standard InChI is InChI=1S/C10H17N3O.C2H6/c1-8-6-10(12-14-8)7-13-4-2-9(11)3-5-13;1-2/h6,9H,2-5,7,11H2,1H3;1-2H3. The summed E-state index contributed by atoms with van der Waals surface area (Å²) in [4.78, 5) is 2.38. The molecule has 2 rings (SSSR count). The summed E-state index contributed by atoms with van der Waals surface area (Å²) >= 11 is 0. The molecule has 2 heterocycles. The Bertz CT molecular complexity index is 290. The van der Waals surface area contributed by atoms with E-state index in [2.05, 4.69) is 10.1 Å². The Morgan fingerprint density at radius 1 is 1.44 bits per heavy atom. The van der Waals surface area contributed by atoms with Gasteiger partial charge in [0.15, 0.2) is 0 Å². The van der Waals surface area contributed by atoms with Gasteiger partial charge < -0.3 is 10.3 Å². The Balaban J connectivity index is 0.000000606. The molecular weight excluding hydrogens is 202 g/mol.